The summed E-state index contributed by atoms with van der Waals surface area (Å²) in [5.41, 5.74) is -3.14. The molecule has 0 amide bonds. The second kappa shape index (κ2) is 3.64. The zero-order valence-electron chi connectivity index (χ0n) is 8.15. The lowest BCUT2D eigenvalue weighted by molar-refractivity contribution is -0.139. The van der Waals surface area contributed by atoms with E-state index in [-0.39, 0.29) is 12.1 Å². The van der Waals surface area contributed by atoms with Crippen molar-refractivity contribution in [3.05, 3.63) is 29.1 Å². The van der Waals surface area contributed by atoms with Crippen molar-refractivity contribution in [1.29, 1.82) is 0 Å². The highest BCUT2D eigenvalue weighted by atomic mass is 32.2. The number of rotatable bonds is 0. The number of benzene rings is 1. The van der Waals surface area contributed by atoms with Crippen LogP contribution in [0.15, 0.2) is 17.0 Å². The number of ketones is 1. The third-order valence-electron chi connectivity index (χ3n) is 2.32. The minimum absolute atomic E-state index is 0.181. The average Bonchev–Trinajstić information content (AvgIpc) is 2.40. The Balaban J connectivity index is 2.80. The van der Waals surface area contributed by atoms with E-state index in [1.807, 2.05) is 0 Å². The van der Waals surface area contributed by atoms with Gasteiger partial charge in [-0.05, 0) is 12.1 Å². The van der Waals surface area contributed by atoms with Crippen LogP contribution in [0.4, 0.5) is 26.3 Å². The van der Waals surface area contributed by atoms with Crippen molar-refractivity contribution in [2.45, 2.75) is 16.3 Å². The van der Waals surface area contributed by atoms with E-state index >= 15 is 0 Å². The fourth-order valence-electron chi connectivity index (χ4n) is 1.54. The highest BCUT2D eigenvalue weighted by Crippen LogP contribution is 2.47. The Morgan fingerprint density at radius 3 is 2.28 bits per heavy atom. The molecule has 1 aromatic carbocycles. The second-order valence-corrected chi connectivity index (χ2v) is 4.87. The van der Waals surface area contributed by atoms with Gasteiger partial charge in [0.1, 0.15) is 16.9 Å². The maximum Gasteiger partial charge on any atom is 0.477 e. The summed E-state index contributed by atoms with van der Waals surface area (Å²) in [5, 5.41) is -4.54. The Morgan fingerprint density at radius 1 is 1.22 bits per heavy atom. The Hall–Kier alpha value is -1.22. The molecule has 1 heterocycles. The molecule has 1 aromatic rings. The van der Waals surface area contributed by atoms with Crippen LogP contribution >= 0.6 is 0 Å². The zero-order chi connectivity index (χ0) is 13.9. The van der Waals surface area contributed by atoms with Gasteiger partial charge in [0.25, 0.3) is 5.78 Å². The summed E-state index contributed by atoms with van der Waals surface area (Å²) in [6.45, 7) is 0. The van der Waals surface area contributed by atoms with E-state index in [0.717, 1.165) is 0 Å². The Bertz CT molecular complexity index is 539. The molecule has 0 aliphatic carbocycles. The number of alkyl halides is 5. The van der Waals surface area contributed by atoms with Gasteiger partial charge in [0, 0.05) is 0 Å². The maximum absolute atomic E-state index is 13.2. The lowest BCUT2D eigenvalue weighted by Crippen LogP contribution is -2.31. The molecule has 2 nitrogen and oxygen atoms in total. The van der Waals surface area contributed by atoms with Crippen LogP contribution in [-0.4, -0.2) is 15.6 Å². The molecule has 98 valence electrons. The summed E-state index contributed by atoms with van der Waals surface area (Å²) in [6, 6.07) is 0.429. The molecule has 0 spiro atoms. The summed E-state index contributed by atoms with van der Waals surface area (Å²) in [5.74, 6) is -3.74. The first-order valence-electron chi connectivity index (χ1n) is 4.32. The van der Waals surface area contributed by atoms with Gasteiger partial charge in [0.05, 0.1) is 11.2 Å². The lowest BCUT2D eigenvalue weighted by Gasteiger charge is -2.13. The Morgan fingerprint density at radius 2 is 1.78 bits per heavy atom. The van der Waals surface area contributed by atoms with Crippen molar-refractivity contribution < 1.29 is 35.7 Å². The molecule has 0 bridgehead atoms. The number of Topliss-reactive ketones (excluding diaryl/α,β-unsaturated/α-hetero) is 1. The van der Waals surface area contributed by atoms with E-state index in [4.69, 9.17) is 0 Å². The van der Waals surface area contributed by atoms with Crippen LogP contribution in [0, 0.1) is 5.82 Å². The quantitative estimate of drug-likeness (QED) is 0.544. The molecule has 18 heavy (non-hydrogen) atoms. The molecular formula is C9H2F6O2S. The van der Waals surface area contributed by atoms with E-state index in [0.29, 0.717) is 0 Å². The molecule has 0 radical (unpaired) electrons. The normalized spacial score (nSPS) is 22.2. The molecule has 1 unspecified atom stereocenters. The highest BCUT2D eigenvalue weighted by Gasteiger charge is 2.64. The van der Waals surface area contributed by atoms with Gasteiger partial charge in [-0.3, -0.25) is 4.79 Å². The van der Waals surface area contributed by atoms with Crippen molar-refractivity contribution in [1.82, 2.24) is 0 Å². The topological polar surface area (TPSA) is 40.1 Å². The van der Waals surface area contributed by atoms with Crippen LogP contribution < -0.4 is 0 Å². The van der Waals surface area contributed by atoms with Crippen molar-refractivity contribution in [2.24, 2.45) is 0 Å². The van der Waals surface area contributed by atoms with Gasteiger partial charge in [-0.25, -0.2) is 4.39 Å². The first-order valence-corrected chi connectivity index (χ1v) is 5.47. The van der Waals surface area contributed by atoms with Gasteiger partial charge in [-0.1, -0.05) is 0 Å². The molecule has 0 saturated carbocycles. The number of hydrogen-bond donors (Lipinski definition) is 0. The first kappa shape index (κ1) is 13.2. The van der Waals surface area contributed by atoms with Gasteiger partial charge >= 0.3 is 11.4 Å². The molecule has 0 N–H and O–H groups in total. The zero-order valence-corrected chi connectivity index (χ0v) is 8.96. The summed E-state index contributed by atoms with van der Waals surface area (Å²) < 4.78 is 88.1. The SMILES string of the molecule is O=C1c2c(F)ccc(C(F)(F)F)c2[S+]([O-])C1(F)F. The van der Waals surface area contributed by atoms with Crippen molar-refractivity contribution in [3.63, 3.8) is 0 Å². The molecular weight excluding hydrogens is 286 g/mol. The number of carbonyl (C=O) groups is 1. The summed E-state index contributed by atoms with van der Waals surface area (Å²) in [7, 11) is 0. The van der Waals surface area contributed by atoms with E-state index in [2.05, 4.69) is 0 Å². The predicted molar refractivity (Wildman–Crippen MR) is 47.1 cm³/mol. The minimum Gasteiger partial charge on any atom is -0.606 e. The van der Waals surface area contributed by atoms with Crippen molar-refractivity contribution >= 4 is 17.0 Å². The Kier molecular flexibility index (Phi) is 2.67. The van der Waals surface area contributed by atoms with Crippen LogP contribution in [0.3, 0.4) is 0 Å². The van der Waals surface area contributed by atoms with Gasteiger partial charge in [-0.15, -0.1) is 8.78 Å². The van der Waals surface area contributed by atoms with Gasteiger partial charge in [0.15, 0.2) is 4.90 Å². The summed E-state index contributed by atoms with van der Waals surface area (Å²) in [6.07, 6.45) is -5.10. The Labute approximate surface area is 98.8 Å². The molecule has 1 aliphatic heterocycles. The van der Waals surface area contributed by atoms with Crippen LogP contribution in [0.1, 0.15) is 15.9 Å². The number of fused-ring (bicyclic) bond motifs is 1. The van der Waals surface area contributed by atoms with E-state index in [9.17, 15) is 35.7 Å². The summed E-state index contributed by atoms with van der Waals surface area (Å²) in [4.78, 5) is 9.59. The second-order valence-electron chi connectivity index (χ2n) is 3.41. The third kappa shape index (κ3) is 1.61. The van der Waals surface area contributed by atoms with Gasteiger partial charge < -0.3 is 4.55 Å². The fourth-order valence-corrected chi connectivity index (χ4v) is 2.83. The monoisotopic (exact) mass is 288 g/mol. The molecule has 0 saturated heterocycles. The van der Waals surface area contributed by atoms with Crippen LogP contribution in [0.2, 0.25) is 0 Å². The smallest absolute Gasteiger partial charge is 0.477 e. The standard InChI is InChI=1S/C9H2F6O2S/c10-4-2-1-3(8(11,12)13)6-5(4)7(16)9(14,15)18(6)17/h1-2H. The number of halogens is 6. The highest BCUT2D eigenvalue weighted by molar-refractivity contribution is 7.94. The van der Waals surface area contributed by atoms with E-state index in [1.54, 1.807) is 0 Å². The molecule has 0 aromatic heterocycles. The molecule has 9 heteroatoms. The molecule has 2 rings (SSSR count). The van der Waals surface area contributed by atoms with Crippen molar-refractivity contribution in [2.75, 3.05) is 0 Å². The predicted octanol–water partition coefficient (Wildman–Crippen LogP) is 2.74. The largest absolute Gasteiger partial charge is 0.606 e. The lowest BCUT2D eigenvalue weighted by atomic mass is 10.1. The van der Waals surface area contributed by atoms with Gasteiger partial charge in [0.2, 0.25) is 0 Å². The third-order valence-corrected chi connectivity index (χ3v) is 3.77. The fraction of sp³-hybridized carbons (Fsp3) is 0.222. The van der Waals surface area contributed by atoms with Crippen molar-refractivity contribution in [3.8, 4) is 0 Å². The average molecular weight is 288 g/mol. The van der Waals surface area contributed by atoms with Gasteiger partial charge in [-0.2, -0.15) is 13.2 Å². The number of carbonyl (C=O) groups excluding carboxylic acids is 1. The van der Waals surface area contributed by atoms with Crippen LogP contribution in [0.5, 0.6) is 0 Å². The first-order chi connectivity index (χ1) is 8.08. The molecule has 1 aliphatic rings. The molecule has 1 atom stereocenters. The van der Waals surface area contributed by atoms with E-state index in [1.165, 1.54) is 0 Å². The van der Waals surface area contributed by atoms with Crippen LogP contribution in [-0.2, 0) is 17.4 Å². The van der Waals surface area contributed by atoms with Crippen LogP contribution in [0.25, 0.3) is 0 Å². The van der Waals surface area contributed by atoms with E-state index < -0.39 is 50.2 Å². The minimum atomic E-state index is -5.10. The molecule has 0 fully saturated rings. The maximum atomic E-state index is 13.2. The summed E-state index contributed by atoms with van der Waals surface area (Å²) >= 11 is -3.55. The number of hydrogen-bond acceptors (Lipinski definition) is 2.